The zero-order valence-corrected chi connectivity index (χ0v) is 36.1. The van der Waals surface area contributed by atoms with Crippen molar-refractivity contribution in [3.05, 3.63) is 186 Å². The van der Waals surface area contributed by atoms with Crippen LogP contribution in [0.2, 0.25) is 0 Å². The van der Waals surface area contributed by atoms with Gasteiger partial charge in [0.05, 0.1) is 5.69 Å². The first-order valence-electron chi connectivity index (χ1n) is 23.2. The van der Waals surface area contributed by atoms with E-state index in [0.717, 1.165) is 23.7 Å². The third-order valence-electron chi connectivity index (χ3n) is 17.6. The van der Waals surface area contributed by atoms with Crippen molar-refractivity contribution in [3.8, 4) is 44.5 Å². The molecule has 0 radical (unpaired) electrons. The van der Waals surface area contributed by atoms with Crippen molar-refractivity contribution in [2.75, 3.05) is 4.90 Å². The summed E-state index contributed by atoms with van der Waals surface area (Å²) in [6.45, 7) is 9.84. The Morgan fingerprint density at radius 2 is 1.02 bits per heavy atom. The van der Waals surface area contributed by atoms with Gasteiger partial charge in [-0.05, 0) is 170 Å². The normalized spacial score (nSPS) is 27.3. The first kappa shape index (κ1) is 36.0. The van der Waals surface area contributed by atoms with Crippen LogP contribution in [-0.2, 0) is 16.2 Å². The maximum absolute atomic E-state index is 2.67. The topological polar surface area (TPSA) is 3.24 Å². The number of fused-ring (bicyclic) bond motifs is 9. The summed E-state index contributed by atoms with van der Waals surface area (Å²) in [5.41, 5.74) is 21.5. The van der Waals surface area contributed by atoms with E-state index in [1.54, 1.807) is 11.1 Å². The summed E-state index contributed by atoms with van der Waals surface area (Å²) in [4.78, 5) is 2.60. The molecule has 0 heterocycles. The molecule has 4 fully saturated rings. The van der Waals surface area contributed by atoms with Gasteiger partial charge in [0, 0.05) is 22.4 Å². The van der Waals surface area contributed by atoms with Gasteiger partial charge >= 0.3 is 0 Å². The fourth-order valence-corrected chi connectivity index (χ4v) is 15.0. The second kappa shape index (κ2) is 12.5. The molecule has 61 heavy (non-hydrogen) atoms. The van der Waals surface area contributed by atoms with Gasteiger partial charge in [0.2, 0.25) is 0 Å². The Kier molecular flexibility index (Phi) is 7.37. The maximum atomic E-state index is 2.67. The molecule has 1 heteroatoms. The second-order valence-electron chi connectivity index (χ2n) is 21.2. The first-order valence-corrected chi connectivity index (χ1v) is 23.2. The van der Waals surface area contributed by atoms with Gasteiger partial charge in [0.15, 0.2) is 0 Å². The summed E-state index contributed by atoms with van der Waals surface area (Å²) in [5, 5.41) is 0. The Hall–Kier alpha value is -5.66. The molecule has 300 valence electrons. The van der Waals surface area contributed by atoms with Gasteiger partial charge in [0.25, 0.3) is 0 Å². The SMILES string of the molecule is CC1(C)CCC(C)(C)c2c(-c3ccccc3N(c3ccc(-c4ccc(-c5ccccc5)cc4)cc3)c3ccc4c(c3)C3(c5ccccc5-4)C4CC5CC6CC3C64C5)cccc21. The van der Waals surface area contributed by atoms with E-state index >= 15 is 0 Å². The lowest BCUT2D eigenvalue weighted by atomic mass is 9.27. The van der Waals surface area contributed by atoms with Crippen molar-refractivity contribution >= 4 is 17.1 Å². The van der Waals surface area contributed by atoms with Crippen LogP contribution in [0.4, 0.5) is 17.1 Å². The molecule has 6 unspecified atom stereocenters. The number of nitrogens with zero attached hydrogens (tertiary/aromatic N) is 1. The molecule has 0 saturated heterocycles. The second-order valence-corrected chi connectivity index (χ2v) is 21.2. The largest absolute Gasteiger partial charge is 0.310 e. The molecule has 2 spiro atoms. The van der Waals surface area contributed by atoms with E-state index in [1.807, 2.05) is 0 Å². The van der Waals surface area contributed by atoms with Crippen molar-refractivity contribution in [1.82, 2.24) is 0 Å². The molecule has 6 atom stereocenters. The summed E-state index contributed by atoms with van der Waals surface area (Å²) >= 11 is 0. The number of rotatable bonds is 6. The smallest absolute Gasteiger partial charge is 0.0540 e. The highest BCUT2D eigenvalue weighted by molar-refractivity contribution is 5.93. The van der Waals surface area contributed by atoms with Crippen LogP contribution in [0.5, 0.6) is 0 Å². The molecule has 0 aliphatic heterocycles. The molecule has 6 aliphatic carbocycles. The Labute approximate surface area is 362 Å². The highest BCUT2D eigenvalue weighted by Gasteiger charge is 2.84. The average molecular weight is 790 g/mol. The number of para-hydroxylation sites is 1. The number of hydrogen-bond acceptors (Lipinski definition) is 1. The average Bonchev–Trinajstić information content (AvgIpc) is 3.93. The third-order valence-corrected chi connectivity index (χ3v) is 17.6. The highest BCUT2D eigenvalue weighted by Crippen LogP contribution is 2.89. The molecule has 1 nitrogen and oxygen atoms in total. The molecule has 0 aromatic heterocycles. The molecule has 6 aliphatic rings. The van der Waals surface area contributed by atoms with Crippen LogP contribution in [-0.4, -0.2) is 0 Å². The van der Waals surface area contributed by atoms with Crippen LogP contribution < -0.4 is 4.90 Å². The summed E-state index contributed by atoms with van der Waals surface area (Å²) in [6.07, 6.45) is 8.19. The fourth-order valence-electron chi connectivity index (χ4n) is 15.0. The first-order chi connectivity index (χ1) is 29.7. The van der Waals surface area contributed by atoms with Crippen LogP contribution in [0.25, 0.3) is 44.5 Å². The predicted octanol–water partition coefficient (Wildman–Crippen LogP) is 15.8. The monoisotopic (exact) mass is 789 g/mol. The molecule has 0 amide bonds. The van der Waals surface area contributed by atoms with Gasteiger partial charge in [-0.2, -0.15) is 0 Å². The molecule has 0 N–H and O–H groups in total. The van der Waals surface area contributed by atoms with Crippen LogP contribution in [0, 0.1) is 29.1 Å². The van der Waals surface area contributed by atoms with E-state index in [-0.39, 0.29) is 16.2 Å². The molecule has 7 aromatic carbocycles. The van der Waals surface area contributed by atoms with Gasteiger partial charge in [-0.1, -0.05) is 161 Å². The van der Waals surface area contributed by atoms with Gasteiger partial charge in [-0.15, -0.1) is 0 Å². The number of hydrogen-bond donors (Lipinski definition) is 0. The van der Waals surface area contributed by atoms with Crippen LogP contribution >= 0.6 is 0 Å². The van der Waals surface area contributed by atoms with E-state index in [9.17, 15) is 0 Å². The number of anilines is 3. The highest BCUT2D eigenvalue weighted by atomic mass is 15.1. The van der Waals surface area contributed by atoms with Crippen molar-refractivity contribution in [2.24, 2.45) is 29.1 Å². The minimum atomic E-state index is 0.0737. The van der Waals surface area contributed by atoms with Crippen molar-refractivity contribution < 1.29 is 0 Å². The maximum Gasteiger partial charge on any atom is 0.0540 e. The zero-order chi connectivity index (χ0) is 40.9. The lowest BCUT2D eigenvalue weighted by molar-refractivity contribution is -0.231. The quantitative estimate of drug-likeness (QED) is 0.162. The lowest BCUT2D eigenvalue weighted by Crippen LogP contribution is -2.73. The minimum absolute atomic E-state index is 0.0737. The van der Waals surface area contributed by atoms with Crippen molar-refractivity contribution in [1.29, 1.82) is 0 Å². The van der Waals surface area contributed by atoms with E-state index in [1.165, 1.54) is 111 Å². The fraction of sp³-hybridized carbons (Fsp3) is 0.300. The Morgan fingerprint density at radius 3 is 1.77 bits per heavy atom. The Balaban J connectivity index is 0.984. The van der Waals surface area contributed by atoms with Crippen LogP contribution in [0.3, 0.4) is 0 Å². The third kappa shape index (κ3) is 4.73. The molecular weight excluding hydrogens is 735 g/mol. The molecule has 7 aromatic rings. The Morgan fingerprint density at radius 1 is 0.443 bits per heavy atom. The van der Waals surface area contributed by atoms with E-state index in [2.05, 4.69) is 196 Å². The van der Waals surface area contributed by atoms with Crippen LogP contribution in [0.15, 0.2) is 164 Å². The predicted molar refractivity (Wildman–Crippen MR) is 254 cm³/mol. The number of benzene rings is 7. The van der Waals surface area contributed by atoms with Gasteiger partial charge in [-0.25, -0.2) is 0 Å². The molecule has 4 saturated carbocycles. The summed E-state index contributed by atoms with van der Waals surface area (Å²) in [6, 6.07) is 62.7. The van der Waals surface area contributed by atoms with E-state index < -0.39 is 0 Å². The van der Waals surface area contributed by atoms with Crippen molar-refractivity contribution in [2.45, 2.75) is 82.5 Å². The summed E-state index contributed by atoms with van der Waals surface area (Å²) in [7, 11) is 0. The lowest BCUT2D eigenvalue weighted by Gasteiger charge is -2.76. The molecular formula is C60H55N. The van der Waals surface area contributed by atoms with Crippen molar-refractivity contribution in [3.63, 3.8) is 0 Å². The summed E-state index contributed by atoms with van der Waals surface area (Å²) in [5.74, 6) is 3.44. The standard InChI is InChI=1S/C60H55N/c1-57(2)31-32-58(3,4)56-49(17-12-19-51(56)57)48-16-9-11-20-53(48)61(44-27-25-42(26-28-44)41-23-21-40(22-24-41)39-13-6-5-7-14-39)45-29-30-47-46-15-8-10-18-50(46)60(52(47)36-45)54-34-38-33-43-35-55(60)59(43,54)37-38/h5-30,36,38,43,54-55H,31-35,37H2,1-4H3. The van der Waals surface area contributed by atoms with Gasteiger partial charge in [-0.3, -0.25) is 0 Å². The van der Waals surface area contributed by atoms with E-state index in [0.29, 0.717) is 5.41 Å². The van der Waals surface area contributed by atoms with E-state index in [4.69, 9.17) is 0 Å². The molecule has 13 rings (SSSR count). The van der Waals surface area contributed by atoms with Gasteiger partial charge < -0.3 is 4.90 Å². The minimum Gasteiger partial charge on any atom is -0.310 e. The molecule has 2 bridgehead atoms. The summed E-state index contributed by atoms with van der Waals surface area (Å²) < 4.78 is 0. The Bertz CT molecular complexity index is 2900. The zero-order valence-electron chi connectivity index (χ0n) is 36.1. The van der Waals surface area contributed by atoms with Gasteiger partial charge in [0.1, 0.15) is 0 Å². The van der Waals surface area contributed by atoms with Crippen LogP contribution in [0.1, 0.15) is 88.5 Å².